The van der Waals surface area contributed by atoms with Crippen LogP contribution >= 0.6 is 11.8 Å². The fourth-order valence-corrected chi connectivity index (χ4v) is 3.28. The van der Waals surface area contributed by atoms with E-state index in [4.69, 9.17) is 0 Å². The van der Waals surface area contributed by atoms with E-state index >= 15 is 0 Å². The van der Waals surface area contributed by atoms with Crippen LogP contribution in [0, 0.1) is 11.7 Å². The average molecular weight is 310 g/mol. The first-order chi connectivity index (χ1) is 10.0. The van der Waals surface area contributed by atoms with Gasteiger partial charge in [-0.2, -0.15) is 0 Å². The van der Waals surface area contributed by atoms with Gasteiger partial charge in [-0.15, -0.1) is 11.8 Å². The summed E-state index contributed by atoms with van der Waals surface area (Å²) in [5, 5.41) is 2.57. The van der Waals surface area contributed by atoms with Crippen molar-refractivity contribution in [1.29, 1.82) is 0 Å². The number of carbonyl (C=O) groups is 2. The minimum Gasteiger partial charge on any atom is -0.322 e. The average Bonchev–Trinajstić information content (AvgIpc) is 2.97. The number of amides is 2. The molecule has 1 aliphatic heterocycles. The van der Waals surface area contributed by atoms with Crippen molar-refractivity contribution in [2.75, 3.05) is 16.9 Å². The number of halogens is 1. The smallest absolute Gasteiger partial charge is 0.248 e. The first-order valence-electron chi connectivity index (χ1n) is 6.98. The lowest BCUT2D eigenvalue weighted by atomic mass is 10.1. The van der Waals surface area contributed by atoms with Gasteiger partial charge >= 0.3 is 0 Å². The highest BCUT2D eigenvalue weighted by atomic mass is 32.2. The van der Waals surface area contributed by atoms with Gasteiger partial charge in [-0.05, 0) is 18.6 Å². The van der Waals surface area contributed by atoms with E-state index in [2.05, 4.69) is 5.32 Å². The van der Waals surface area contributed by atoms with Crippen molar-refractivity contribution in [2.45, 2.75) is 26.3 Å². The lowest BCUT2D eigenvalue weighted by molar-refractivity contribution is -0.139. The van der Waals surface area contributed by atoms with E-state index in [9.17, 15) is 14.0 Å². The fourth-order valence-electron chi connectivity index (χ4n) is 2.11. The normalized spacial score (nSPS) is 19.4. The number of carbonyl (C=O) groups excluding carboxylic acids is 2. The molecule has 1 N–H and O–H groups in total. The van der Waals surface area contributed by atoms with Crippen LogP contribution in [-0.2, 0) is 9.59 Å². The topological polar surface area (TPSA) is 49.4 Å². The minimum atomic E-state index is -0.531. The Kier molecular flexibility index (Phi) is 5.22. The summed E-state index contributed by atoms with van der Waals surface area (Å²) in [6, 6.07) is 5.49. The van der Waals surface area contributed by atoms with Gasteiger partial charge in [0.15, 0.2) is 0 Å². The number of para-hydroxylation sites is 1. The molecule has 1 aromatic carbocycles. The predicted octanol–water partition coefficient (Wildman–Crippen LogP) is 2.71. The Bertz CT molecular complexity index is 538. The Hall–Kier alpha value is -1.56. The maximum absolute atomic E-state index is 13.6. The van der Waals surface area contributed by atoms with Gasteiger partial charge in [0.1, 0.15) is 11.9 Å². The van der Waals surface area contributed by atoms with Crippen molar-refractivity contribution in [1.82, 2.24) is 4.90 Å². The molecule has 2 amide bonds. The van der Waals surface area contributed by atoms with Crippen molar-refractivity contribution < 1.29 is 14.0 Å². The third-order valence-electron chi connectivity index (χ3n) is 3.63. The first-order valence-corrected chi connectivity index (χ1v) is 8.13. The maximum atomic E-state index is 13.6. The minimum absolute atomic E-state index is 0.0174. The zero-order chi connectivity index (χ0) is 15.4. The summed E-state index contributed by atoms with van der Waals surface area (Å²) in [5.74, 6) is 0.128. The molecule has 2 rings (SSSR count). The number of nitrogens with one attached hydrogen (secondary N) is 1. The third kappa shape index (κ3) is 3.56. The number of benzene rings is 1. The van der Waals surface area contributed by atoms with E-state index in [0.29, 0.717) is 11.6 Å². The zero-order valence-corrected chi connectivity index (χ0v) is 13.0. The highest BCUT2D eigenvalue weighted by Crippen LogP contribution is 2.25. The molecule has 0 spiro atoms. The van der Waals surface area contributed by atoms with Crippen molar-refractivity contribution in [3.8, 4) is 0 Å². The lowest BCUT2D eigenvalue weighted by Crippen LogP contribution is -2.46. The number of thioether (sulfide) groups is 1. The van der Waals surface area contributed by atoms with E-state index in [1.54, 1.807) is 28.8 Å². The van der Waals surface area contributed by atoms with Gasteiger partial charge in [-0.3, -0.25) is 9.59 Å². The van der Waals surface area contributed by atoms with E-state index in [0.717, 1.165) is 6.42 Å². The molecule has 1 aliphatic rings. The lowest BCUT2D eigenvalue weighted by Gasteiger charge is -2.25. The van der Waals surface area contributed by atoms with E-state index in [1.807, 2.05) is 13.8 Å². The van der Waals surface area contributed by atoms with Crippen LogP contribution in [0.2, 0.25) is 0 Å². The molecule has 1 heterocycles. The molecule has 1 saturated heterocycles. The van der Waals surface area contributed by atoms with Crippen molar-refractivity contribution in [3.05, 3.63) is 30.1 Å². The molecule has 0 aliphatic carbocycles. The monoisotopic (exact) mass is 310 g/mol. The molecular formula is C15H19FN2O2S. The SMILES string of the molecule is CCC(C)C(=O)N1CSCC1C(=O)Nc1ccccc1F. The summed E-state index contributed by atoms with van der Waals surface area (Å²) in [4.78, 5) is 26.2. The number of rotatable bonds is 4. The van der Waals surface area contributed by atoms with Crippen molar-refractivity contribution in [2.24, 2.45) is 5.92 Å². The van der Waals surface area contributed by atoms with E-state index in [1.165, 1.54) is 12.1 Å². The van der Waals surface area contributed by atoms with Crippen LogP contribution in [0.25, 0.3) is 0 Å². The van der Waals surface area contributed by atoms with Gasteiger partial charge in [0.05, 0.1) is 11.6 Å². The van der Waals surface area contributed by atoms with Crippen LogP contribution in [0.15, 0.2) is 24.3 Å². The summed E-state index contributed by atoms with van der Waals surface area (Å²) in [6.45, 7) is 3.80. The largest absolute Gasteiger partial charge is 0.322 e. The Labute approximate surface area is 128 Å². The Morgan fingerprint density at radius 1 is 1.48 bits per heavy atom. The summed E-state index contributed by atoms with van der Waals surface area (Å²) in [6.07, 6.45) is 0.738. The first kappa shape index (κ1) is 15.8. The molecule has 1 fully saturated rings. The Balaban J connectivity index is 2.08. The fraction of sp³-hybridized carbons (Fsp3) is 0.467. The summed E-state index contributed by atoms with van der Waals surface area (Å²) < 4.78 is 13.6. The maximum Gasteiger partial charge on any atom is 0.248 e. The van der Waals surface area contributed by atoms with Crippen LogP contribution in [0.4, 0.5) is 10.1 Å². The van der Waals surface area contributed by atoms with E-state index in [-0.39, 0.29) is 23.4 Å². The van der Waals surface area contributed by atoms with Crippen LogP contribution in [0.3, 0.4) is 0 Å². The second kappa shape index (κ2) is 6.93. The molecule has 114 valence electrons. The highest BCUT2D eigenvalue weighted by molar-refractivity contribution is 7.99. The highest BCUT2D eigenvalue weighted by Gasteiger charge is 2.36. The molecule has 1 aromatic rings. The van der Waals surface area contributed by atoms with Crippen LogP contribution in [0.5, 0.6) is 0 Å². The van der Waals surface area contributed by atoms with Crippen molar-refractivity contribution in [3.63, 3.8) is 0 Å². The van der Waals surface area contributed by atoms with Gasteiger partial charge < -0.3 is 10.2 Å². The number of hydrogen-bond donors (Lipinski definition) is 1. The molecule has 6 heteroatoms. The van der Waals surface area contributed by atoms with Gasteiger partial charge in [0.25, 0.3) is 0 Å². The Morgan fingerprint density at radius 2 is 2.19 bits per heavy atom. The molecule has 21 heavy (non-hydrogen) atoms. The molecule has 0 radical (unpaired) electrons. The summed E-state index contributed by atoms with van der Waals surface area (Å²) in [5.41, 5.74) is 0.148. The van der Waals surface area contributed by atoms with Gasteiger partial charge in [-0.25, -0.2) is 4.39 Å². The van der Waals surface area contributed by atoms with Crippen LogP contribution in [-0.4, -0.2) is 34.4 Å². The van der Waals surface area contributed by atoms with Crippen LogP contribution < -0.4 is 5.32 Å². The standard InChI is InChI=1S/C15H19FN2O2S/c1-3-10(2)15(20)18-9-21-8-13(18)14(19)17-12-7-5-4-6-11(12)16/h4-7,10,13H,3,8-9H2,1-2H3,(H,17,19). The summed E-state index contributed by atoms with van der Waals surface area (Å²) in [7, 11) is 0. The molecule has 4 nitrogen and oxygen atoms in total. The second-order valence-electron chi connectivity index (χ2n) is 5.10. The number of anilines is 1. The Morgan fingerprint density at radius 3 is 2.86 bits per heavy atom. The quantitative estimate of drug-likeness (QED) is 0.930. The predicted molar refractivity (Wildman–Crippen MR) is 82.4 cm³/mol. The summed E-state index contributed by atoms with van der Waals surface area (Å²) >= 11 is 1.54. The number of nitrogens with zero attached hydrogens (tertiary/aromatic N) is 1. The molecular weight excluding hydrogens is 291 g/mol. The molecule has 0 bridgehead atoms. The van der Waals surface area contributed by atoms with Crippen molar-refractivity contribution >= 4 is 29.3 Å². The van der Waals surface area contributed by atoms with Gasteiger partial charge in [0.2, 0.25) is 11.8 Å². The van der Waals surface area contributed by atoms with E-state index < -0.39 is 11.9 Å². The second-order valence-corrected chi connectivity index (χ2v) is 6.10. The van der Waals surface area contributed by atoms with Gasteiger partial charge in [0, 0.05) is 11.7 Å². The van der Waals surface area contributed by atoms with Gasteiger partial charge in [-0.1, -0.05) is 26.0 Å². The molecule has 0 saturated carbocycles. The van der Waals surface area contributed by atoms with Crippen LogP contribution in [0.1, 0.15) is 20.3 Å². The number of hydrogen-bond acceptors (Lipinski definition) is 3. The molecule has 0 aromatic heterocycles. The molecule has 2 unspecified atom stereocenters. The molecule has 2 atom stereocenters. The third-order valence-corrected chi connectivity index (χ3v) is 4.65. The zero-order valence-electron chi connectivity index (χ0n) is 12.1.